The fourth-order valence-corrected chi connectivity index (χ4v) is 1.04. The minimum absolute atomic E-state index is 0.0405. The molecular weight excluding hydrogens is 146 g/mol. The molecule has 1 saturated heterocycles. The fraction of sp³-hybridized carbons (Fsp3) is 0.286. The Bertz CT molecular complexity index is 255. The Morgan fingerprint density at radius 2 is 2.55 bits per heavy atom. The largest absolute Gasteiger partial charge is 0.472 e. The summed E-state index contributed by atoms with van der Waals surface area (Å²) >= 11 is 0. The highest BCUT2D eigenvalue weighted by atomic mass is 16.6. The van der Waals surface area contributed by atoms with Crippen LogP contribution >= 0.6 is 0 Å². The van der Waals surface area contributed by atoms with E-state index in [1.54, 1.807) is 18.6 Å². The summed E-state index contributed by atoms with van der Waals surface area (Å²) in [5, 5.41) is 2.64. The van der Waals surface area contributed by atoms with Gasteiger partial charge in [-0.1, -0.05) is 0 Å². The molecule has 58 valence electrons. The molecule has 2 rings (SSSR count). The lowest BCUT2D eigenvalue weighted by atomic mass is 10.2. The summed E-state index contributed by atoms with van der Waals surface area (Å²) in [7, 11) is 0. The van der Waals surface area contributed by atoms with E-state index >= 15 is 0 Å². The van der Waals surface area contributed by atoms with Crippen molar-refractivity contribution in [2.45, 2.75) is 6.04 Å². The summed E-state index contributed by atoms with van der Waals surface area (Å²) in [5.41, 5.74) is 0.941. The number of amides is 1. The smallest absolute Gasteiger partial charge is 0.407 e. The molecule has 0 aromatic carbocycles. The molecule has 0 spiro atoms. The van der Waals surface area contributed by atoms with Gasteiger partial charge in [-0.25, -0.2) is 4.79 Å². The summed E-state index contributed by atoms with van der Waals surface area (Å²) < 4.78 is 9.55. The average molecular weight is 153 g/mol. The van der Waals surface area contributed by atoms with Crippen molar-refractivity contribution in [1.82, 2.24) is 5.32 Å². The van der Waals surface area contributed by atoms with E-state index in [4.69, 9.17) is 9.15 Å². The Morgan fingerprint density at radius 1 is 1.64 bits per heavy atom. The van der Waals surface area contributed by atoms with E-state index in [1.807, 2.05) is 0 Å². The van der Waals surface area contributed by atoms with Crippen LogP contribution in [-0.2, 0) is 4.74 Å². The first-order valence-electron chi connectivity index (χ1n) is 3.31. The van der Waals surface area contributed by atoms with Gasteiger partial charge in [-0.3, -0.25) is 0 Å². The number of rotatable bonds is 1. The maximum absolute atomic E-state index is 10.6. The number of hydrogen-bond donors (Lipinski definition) is 1. The van der Waals surface area contributed by atoms with Crippen molar-refractivity contribution in [1.29, 1.82) is 0 Å². The molecule has 1 amide bonds. The van der Waals surface area contributed by atoms with Crippen LogP contribution in [0.25, 0.3) is 0 Å². The molecule has 2 heterocycles. The summed E-state index contributed by atoms with van der Waals surface area (Å²) in [4.78, 5) is 10.6. The molecule has 1 fully saturated rings. The fourth-order valence-electron chi connectivity index (χ4n) is 1.04. The molecule has 4 heteroatoms. The maximum Gasteiger partial charge on any atom is 0.407 e. The number of carbonyl (C=O) groups excluding carboxylic acids is 1. The molecule has 0 aliphatic carbocycles. The SMILES string of the molecule is O=C1NC(c2ccoc2)CO1. The van der Waals surface area contributed by atoms with Gasteiger partial charge in [0.2, 0.25) is 0 Å². The summed E-state index contributed by atoms with van der Waals surface area (Å²) in [5.74, 6) is 0. The average Bonchev–Trinajstić information content (AvgIpc) is 2.55. The zero-order valence-electron chi connectivity index (χ0n) is 5.74. The lowest BCUT2D eigenvalue weighted by molar-refractivity contribution is 0.177. The first-order chi connectivity index (χ1) is 5.36. The summed E-state index contributed by atoms with van der Waals surface area (Å²) in [6.07, 6.45) is 2.80. The molecule has 1 atom stereocenters. The van der Waals surface area contributed by atoms with Gasteiger partial charge in [-0.15, -0.1) is 0 Å². The molecule has 1 aliphatic rings. The minimum atomic E-state index is -0.365. The molecule has 1 unspecified atom stereocenters. The first-order valence-corrected chi connectivity index (χ1v) is 3.31. The van der Waals surface area contributed by atoms with Crippen LogP contribution in [0.3, 0.4) is 0 Å². The predicted octanol–water partition coefficient (Wildman–Crippen LogP) is 1.06. The van der Waals surface area contributed by atoms with E-state index in [0.717, 1.165) is 5.56 Å². The topological polar surface area (TPSA) is 51.5 Å². The second kappa shape index (κ2) is 2.30. The number of carbonyl (C=O) groups is 1. The Labute approximate surface area is 63.1 Å². The molecule has 1 N–H and O–H groups in total. The molecular formula is C7H7NO3. The van der Waals surface area contributed by atoms with Crippen molar-refractivity contribution < 1.29 is 13.9 Å². The normalized spacial score (nSPS) is 22.9. The number of furan rings is 1. The third-order valence-electron chi connectivity index (χ3n) is 1.62. The third-order valence-corrected chi connectivity index (χ3v) is 1.62. The zero-order chi connectivity index (χ0) is 7.68. The van der Waals surface area contributed by atoms with Crippen molar-refractivity contribution >= 4 is 6.09 Å². The summed E-state index contributed by atoms with van der Waals surface area (Å²) in [6.45, 7) is 0.387. The van der Waals surface area contributed by atoms with Crippen LogP contribution in [-0.4, -0.2) is 12.7 Å². The van der Waals surface area contributed by atoms with E-state index in [1.165, 1.54) is 0 Å². The van der Waals surface area contributed by atoms with Gasteiger partial charge >= 0.3 is 6.09 Å². The molecule has 4 nitrogen and oxygen atoms in total. The Morgan fingerprint density at radius 3 is 3.09 bits per heavy atom. The monoisotopic (exact) mass is 153 g/mol. The molecule has 0 radical (unpaired) electrons. The number of ether oxygens (including phenoxy) is 1. The second-order valence-corrected chi connectivity index (χ2v) is 2.35. The van der Waals surface area contributed by atoms with E-state index in [2.05, 4.69) is 5.32 Å². The van der Waals surface area contributed by atoms with Crippen LogP contribution in [0.1, 0.15) is 11.6 Å². The third kappa shape index (κ3) is 1.07. The van der Waals surface area contributed by atoms with Crippen LogP contribution in [0.5, 0.6) is 0 Å². The van der Waals surface area contributed by atoms with Gasteiger partial charge < -0.3 is 14.5 Å². The Hall–Kier alpha value is -1.45. The van der Waals surface area contributed by atoms with E-state index < -0.39 is 0 Å². The highest BCUT2D eigenvalue weighted by Crippen LogP contribution is 2.17. The maximum atomic E-state index is 10.6. The van der Waals surface area contributed by atoms with Gasteiger partial charge in [-0.2, -0.15) is 0 Å². The van der Waals surface area contributed by atoms with Gasteiger partial charge in [0, 0.05) is 5.56 Å². The standard InChI is InChI=1S/C7H7NO3/c9-7-8-6(4-11-7)5-1-2-10-3-5/h1-3,6H,4H2,(H,8,9). The Kier molecular flexibility index (Phi) is 1.31. The second-order valence-electron chi connectivity index (χ2n) is 2.35. The van der Waals surface area contributed by atoms with Crippen LogP contribution in [0.4, 0.5) is 4.79 Å². The number of cyclic esters (lactones) is 1. The van der Waals surface area contributed by atoms with Crippen LogP contribution in [0, 0.1) is 0 Å². The highest BCUT2D eigenvalue weighted by Gasteiger charge is 2.23. The van der Waals surface area contributed by atoms with Gasteiger partial charge in [0.15, 0.2) is 0 Å². The first kappa shape index (κ1) is 6.27. The summed E-state index contributed by atoms with van der Waals surface area (Å²) in [6, 6.07) is 1.76. The predicted molar refractivity (Wildman–Crippen MR) is 35.9 cm³/mol. The quantitative estimate of drug-likeness (QED) is 0.656. The number of hydrogen-bond acceptors (Lipinski definition) is 3. The van der Waals surface area contributed by atoms with Crippen LogP contribution in [0.15, 0.2) is 23.0 Å². The van der Waals surface area contributed by atoms with Crippen molar-refractivity contribution in [2.75, 3.05) is 6.61 Å². The van der Waals surface area contributed by atoms with Gasteiger partial charge in [-0.05, 0) is 6.07 Å². The van der Waals surface area contributed by atoms with Crippen molar-refractivity contribution in [3.8, 4) is 0 Å². The van der Waals surface area contributed by atoms with Crippen molar-refractivity contribution in [3.63, 3.8) is 0 Å². The molecule has 0 bridgehead atoms. The van der Waals surface area contributed by atoms with Crippen LogP contribution in [0.2, 0.25) is 0 Å². The molecule has 1 aliphatic heterocycles. The van der Waals surface area contributed by atoms with Crippen molar-refractivity contribution in [3.05, 3.63) is 24.2 Å². The van der Waals surface area contributed by atoms with Gasteiger partial charge in [0.05, 0.1) is 18.6 Å². The number of nitrogens with one attached hydrogen (secondary N) is 1. The molecule has 11 heavy (non-hydrogen) atoms. The van der Waals surface area contributed by atoms with Gasteiger partial charge in [0.1, 0.15) is 6.61 Å². The minimum Gasteiger partial charge on any atom is -0.472 e. The number of alkyl carbamates (subject to hydrolysis) is 1. The molecule has 0 saturated carbocycles. The van der Waals surface area contributed by atoms with Crippen molar-refractivity contribution in [2.24, 2.45) is 0 Å². The molecule has 1 aromatic rings. The Balaban J connectivity index is 2.13. The van der Waals surface area contributed by atoms with E-state index in [0.29, 0.717) is 6.61 Å². The highest BCUT2D eigenvalue weighted by molar-refractivity contribution is 5.69. The molecule has 1 aromatic heterocycles. The van der Waals surface area contributed by atoms with Gasteiger partial charge in [0.25, 0.3) is 0 Å². The lowest BCUT2D eigenvalue weighted by Crippen LogP contribution is -2.17. The van der Waals surface area contributed by atoms with E-state index in [9.17, 15) is 4.79 Å². The van der Waals surface area contributed by atoms with Crippen LogP contribution < -0.4 is 5.32 Å². The zero-order valence-corrected chi connectivity index (χ0v) is 5.74. The van der Waals surface area contributed by atoms with E-state index in [-0.39, 0.29) is 12.1 Å². The lowest BCUT2D eigenvalue weighted by Gasteiger charge is -2.00.